The van der Waals surface area contributed by atoms with Gasteiger partial charge in [-0.2, -0.15) is 13.2 Å². The first kappa shape index (κ1) is 46.8. The summed E-state index contributed by atoms with van der Waals surface area (Å²) >= 11 is 0. The van der Waals surface area contributed by atoms with E-state index in [1.54, 1.807) is 34.6 Å². The SMILES string of the molecule is CCC(C)[C@H](NC(=O)[C@@H](CCCN=C(N)N)NC(=O)[C@H](CC(C)C)NC(=O)OC(C)(C)C)C(=O)N[C@H](C(=O)O)[C@H](C)O.O=C(O)C(F)(F)F. The maximum atomic E-state index is 13.5. The lowest BCUT2D eigenvalue weighted by Crippen LogP contribution is -2.60. The van der Waals surface area contributed by atoms with Gasteiger partial charge in [-0.1, -0.05) is 34.1 Å². The zero-order valence-electron chi connectivity index (χ0n) is 29.0. The van der Waals surface area contributed by atoms with E-state index in [4.69, 9.17) is 26.1 Å². The zero-order valence-corrected chi connectivity index (χ0v) is 29.0. The first-order chi connectivity index (χ1) is 22.2. The van der Waals surface area contributed by atoms with Gasteiger partial charge in [-0.25, -0.2) is 14.4 Å². The topological polar surface area (TPSA) is 285 Å². The lowest BCUT2D eigenvalue weighted by molar-refractivity contribution is -0.192. The van der Waals surface area contributed by atoms with Crippen LogP contribution in [0.15, 0.2) is 4.99 Å². The summed E-state index contributed by atoms with van der Waals surface area (Å²) in [5, 5.41) is 36.4. The highest BCUT2D eigenvalue weighted by Gasteiger charge is 2.38. The molecule has 0 aromatic heterocycles. The number of nitrogens with one attached hydrogen (secondary N) is 4. The molecule has 0 rings (SSSR count). The van der Waals surface area contributed by atoms with Crippen molar-refractivity contribution >= 4 is 41.7 Å². The Morgan fingerprint density at radius 2 is 1.31 bits per heavy atom. The number of nitrogens with zero attached hydrogens (tertiary/aromatic N) is 1. The summed E-state index contributed by atoms with van der Waals surface area (Å²) in [5.41, 5.74) is 9.96. The monoisotopic (exact) mass is 715 g/mol. The minimum atomic E-state index is -5.08. The van der Waals surface area contributed by atoms with Gasteiger partial charge in [-0.05, 0) is 58.8 Å². The fourth-order valence-corrected chi connectivity index (χ4v) is 3.78. The molecule has 0 bridgehead atoms. The molecule has 1 unspecified atom stereocenters. The molecular formula is C29H52F3N7O10. The third-order valence-electron chi connectivity index (χ3n) is 6.37. The van der Waals surface area contributed by atoms with Gasteiger partial charge in [0.2, 0.25) is 17.7 Å². The van der Waals surface area contributed by atoms with E-state index in [0.29, 0.717) is 6.42 Å². The molecule has 0 aliphatic heterocycles. The number of hydrogen-bond acceptors (Lipinski definition) is 9. The van der Waals surface area contributed by atoms with Crippen LogP contribution < -0.4 is 32.7 Å². The molecule has 284 valence electrons. The molecule has 0 aliphatic rings. The average molecular weight is 716 g/mol. The Kier molecular flexibility index (Phi) is 20.6. The van der Waals surface area contributed by atoms with Gasteiger partial charge in [-0.15, -0.1) is 0 Å². The molecule has 0 radical (unpaired) electrons. The van der Waals surface area contributed by atoms with Crippen molar-refractivity contribution in [1.82, 2.24) is 21.3 Å². The van der Waals surface area contributed by atoms with Gasteiger partial charge in [0.25, 0.3) is 0 Å². The Morgan fingerprint density at radius 3 is 1.69 bits per heavy atom. The van der Waals surface area contributed by atoms with Crippen LogP contribution in [0.4, 0.5) is 18.0 Å². The van der Waals surface area contributed by atoms with Crippen molar-refractivity contribution in [3.05, 3.63) is 0 Å². The van der Waals surface area contributed by atoms with Crippen molar-refractivity contribution in [3.63, 3.8) is 0 Å². The average Bonchev–Trinajstić information content (AvgIpc) is 2.93. The van der Waals surface area contributed by atoms with Gasteiger partial charge >= 0.3 is 24.2 Å². The molecule has 0 aromatic carbocycles. The number of guanidine groups is 1. The fourth-order valence-electron chi connectivity index (χ4n) is 3.78. The Morgan fingerprint density at radius 1 is 0.816 bits per heavy atom. The molecule has 0 aromatic rings. The standard InChI is InChI=1S/C27H51N7O8.C2HF3O2/c1-9-15(4)19(23(38)34-20(16(5)35)24(39)40)33-21(36)17(11-10-12-30-25(28)29)31-22(37)18(13-14(2)3)32-26(41)42-27(6,7)8;3-2(4,5)1(6)7/h14-20,35H,9-13H2,1-8H3,(H,31,37)(H,32,41)(H,33,36)(H,34,38)(H,39,40)(H4,28,29,30);(H,6,7)/t15?,16-,17+,18-,19-,20-;/m0./s1. The number of carbonyl (C=O) groups is 6. The van der Waals surface area contributed by atoms with Crippen molar-refractivity contribution in [3.8, 4) is 0 Å². The van der Waals surface area contributed by atoms with Gasteiger partial charge in [0.05, 0.1) is 6.10 Å². The Balaban J connectivity index is 0. The summed E-state index contributed by atoms with van der Waals surface area (Å²) in [6.45, 7) is 13.6. The second-order valence-corrected chi connectivity index (χ2v) is 12.6. The maximum Gasteiger partial charge on any atom is 0.490 e. The number of aliphatic hydroxyl groups is 1. The summed E-state index contributed by atoms with van der Waals surface area (Å²) < 4.78 is 37.0. The molecule has 0 aliphatic carbocycles. The molecule has 4 amide bonds. The van der Waals surface area contributed by atoms with Gasteiger partial charge in [0, 0.05) is 6.54 Å². The molecule has 17 nitrogen and oxygen atoms in total. The molecule has 0 saturated carbocycles. The van der Waals surface area contributed by atoms with Crippen LogP contribution >= 0.6 is 0 Å². The smallest absolute Gasteiger partial charge is 0.480 e. The molecule has 49 heavy (non-hydrogen) atoms. The number of hydrogen-bond donors (Lipinski definition) is 9. The lowest BCUT2D eigenvalue weighted by atomic mass is 9.96. The number of carboxylic acid groups (broad SMARTS) is 2. The highest BCUT2D eigenvalue weighted by Crippen LogP contribution is 2.14. The van der Waals surface area contributed by atoms with E-state index >= 15 is 0 Å². The molecule has 0 spiro atoms. The normalized spacial score (nSPS) is 15.0. The van der Waals surface area contributed by atoms with Crippen LogP contribution in [0.3, 0.4) is 0 Å². The van der Waals surface area contributed by atoms with Crippen LogP contribution in [0.5, 0.6) is 0 Å². The van der Waals surface area contributed by atoms with Crippen molar-refractivity contribution in [2.24, 2.45) is 28.3 Å². The minimum Gasteiger partial charge on any atom is -0.480 e. The molecule has 11 N–H and O–H groups in total. The molecule has 6 atom stereocenters. The number of aliphatic carboxylic acids is 2. The molecule has 20 heteroatoms. The molecule has 0 saturated heterocycles. The van der Waals surface area contributed by atoms with Crippen molar-refractivity contribution in [1.29, 1.82) is 0 Å². The molecule has 0 fully saturated rings. The van der Waals surface area contributed by atoms with Gasteiger partial charge in [-0.3, -0.25) is 19.4 Å². The van der Waals surface area contributed by atoms with E-state index in [2.05, 4.69) is 26.3 Å². The zero-order chi connectivity index (χ0) is 38.9. The highest BCUT2D eigenvalue weighted by molar-refractivity contribution is 5.95. The summed E-state index contributed by atoms with van der Waals surface area (Å²) in [7, 11) is 0. The predicted molar refractivity (Wildman–Crippen MR) is 171 cm³/mol. The van der Waals surface area contributed by atoms with Crippen LogP contribution in [0, 0.1) is 11.8 Å². The van der Waals surface area contributed by atoms with Gasteiger partial charge < -0.3 is 52.8 Å². The van der Waals surface area contributed by atoms with E-state index in [0.717, 1.165) is 0 Å². The predicted octanol–water partition coefficient (Wildman–Crippen LogP) is 0.579. The van der Waals surface area contributed by atoms with Crippen LogP contribution in [0.1, 0.15) is 81.1 Å². The Hall–Kier alpha value is -4.36. The number of aliphatic hydroxyl groups excluding tert-OH is 1. The number of carbonyl (C=O) groups excluding carboxylic acids is 4. The van der Waals surface area contributed by atoms with Crippen molar-refractivity contribution < 1.29 is 62.0 Å². The summed E-state index contributed by atoms with van der Waals surface area (Å²) in [6.07, 6.45) is -6.21. The Labute approximate surface area is 283 Å². The summed E-state index contributed by atoms with van der Waals surface area (Å²) in [4.78, 5) is 76.6. The number of alkyl halides is 3. The first-order valence-electron chi connectivity index (χ1n) is 15.4. The number of amides is 4. The number of aliphatic imine (C=N–C) groups is 1. The number of carboxylic acids is 2. The first-order valence-corrected chi connectivity index (χ1v) is 15.4. The maximum absolute atomic E-state index is 13.5. The van der Waals surface area contributed by atoms with Crippen LogP contribution in [-0.2, 0) is 28.7 Å². The van der Waals surface area contributed by atoms with E-state index in [1.165, 1.54) is 6.92 Å². The number of ether oxygens (including phenoxy) is 1. The second kappa shape index (κ2) is 21.6. The number of alkyl carbamates (subject to hydrolysis) is 1. The Bertz CT molecular complexity index is 1140. The third-order valence-corrected chi connectivity index (χ3v) is 6.37. The van der Waals surface area contributed by atoms with Crippen LogP contribution in [-0.4, -0.2) is 106 Å². The van der Waals surface area contributed by atoms with E-state index in [1.807, 2.05) is 13.8 Å². The molecule has 0 heterocycles. The van der Waals surface area contributed by atoms with Gasteiger partial charge in [0.1, 0.15) is 23.7 Å². The van der Waals surface area contributed by atoms with E-state index in [9.17, 15) is 47.4 Å². The van der Waals surface area contributed by atoms with Crippen molar-refractivity contribution in [2.45, 2.75) is 123 Å². The van der Waals surface area contributed by atoms with Crippen LogP contribution in [0.25, 0.3) is 0 Å². The molecular weight excluding hydrogens is 663 g/mol. The third kappa shape index (κ3) is 21.3. The van der Waals surface area contributed by atoms with E-state index in [-0.39, 0.29) is 37.7 Å². The fraction of sp³-hybridized carbons (Fsp3) is 0.759. The lowest BCUT2D eigenvalue weighted by Gasteiger charge is -2.29. The quantitative estimate of drug-likeness (QED) is 0.0568. The highest BCUT2D eigenvalue weighted by atomic mass is 19.4. The number of rotatable bonds is 17. The largest absolute Gasteiger partial charge is 0.490 e. The van der Waals surface area contributed by atoms with E-state index < -0.39 is 83.7 Å². The summed E-state index contributed by atoms with van der Waals surface area (Å²) in [5.74, 6) is -6.92. The van der Waals surface area contributed by atoms with Gasteiger partial charge in [0.15, 0.2) is 12.0 Å². The summed E-state index contributed by atoms with van der Waals surface area (Å²) in [6, 6.07) is -4.95. The van der Waals surface area contributed by atoms with Crippen molar-refractivity contribution in [2.75, 3.05) is 6.54 Å². The van der Waals surface area contributed by atoms with Crippen LogP contribution in [0.2, 0.25) is 0 Å². The number of nitrogens with two attached hydrogens (primary N) is 2. The number of halogens is 3. The second-order valence-electron chi connectivity index (χ2n) is 12.6. The minimum absolute atomic E-state index is 0.000549.